The highest BCUT2D eigenvalue weighted by Crippen LogP contribution is 2.25. The van der Waals surface area contributed by atoms with Gasteiger partial charge in [0.2, 0.25) is 5.91 Å². The first-order chi connectivity index (χ1) is 8.11. The summed E-state index contributed by atoms with van der Waals surface area (Å²) in [7, 11) is 1.34. The lowest BCUT2D eigenvalue weighted by molar-refractivity contribution is -0.145. The Morgan fingerprint density at radius 1 is 1.59 bits per heavy atom. The van der Waals surface area contributed by atoms with Crippen LogP contribution in [0.4, 0.5) is 5.69 Å². The van der Waals surface area contributed by atoms with Crippen LogP contribution in [0.15, 0.2) is 18.3 Å². The second-order valence-corrected chi connectivity index (χ2v) is 4.87. The lowest BCUT2D eigenvalue weighted by Gasteiger charge is -2.15. The summed E-state index contributed by atoms with van der Waals surface area (Å²) >= 11 is 2.10. The van der Waals surface area contributed by atoms with E-state index in [9.17, 15) is 9.59 Å². The molecule has 1 aromatic heterocycles. The van der Waals surface area contributed by atoms with Crippen molar-refractivity contribution in [3.05, 3.63) is 22.0 Å². The fourth-order valence-electron chi connectivity index (χ4n) is 1.81. The third kappa shape index (κ3) is 2.56. The van der Waals surface area contributed by atoms with Gasteiger partial charge in [-0.1, -0.05) is 0 Å². The van der Waals surface area contributed by atoms with E-state index >= 15 is 0 Å². The summed E-state index contributed by atoms with van der Waals surface area (Å²) in [6.07, 6.45) is 1.85. The second kappa shape index (κ2) is 4.99. The number of nitrogens with zero attached hydrogens (tertiary/aromatic N) is 2. The van der Waals surface area contributed by atoms with Gasteiger partial charge in [-0.25, -0.2) is 4.98 Å². The molecule has 6 heteroatoms. The topological polar surface area (TPSA) is 59.5 Å². The van der Waals surface area contributed by atoms with Crippen LogP contribution in [0.25, 0.3) is 0 Å². The molecular weight excluding hydrogens is 335 g/mol. The predicted molar refractivity (Wildman–Crippen MR) is 69.4 cm³/mol. The minimum atomic E-state index is -0.369. The zero-order valence-electron chi connectivity index (χ0n) is 9.22. The molecule has 1 fully saturated rings. The minimum absolute atomic E-state index is 0.0663. The Morgan fingerprint density at radius 3 is 2.94 bits per heavy atom. The number of rotatable bonds is 2. The summed E-state index contributed by atoms with van der Waals surface area (Å²) in [5, 5.41) is 0. The molecule has 0 aliphatic carbocycles. The van der Waals surface area contributed by atoms with E-state index in [1.54, 1.807) is 11.1 Å². The number of pyridine rings is 1. The highest BCUT2D eigenvalue weighted by molar-refractivity contribution is 14.1. The van der Waals surface area contributed by atoms with Gasteiger partial charge in [-0.05, 0) is 34.7 Å². The Labute approximate surface area is 112 Å². The maximum atomic E-state index is 11.8. The molecule has 0 spiro atoms. The van der Waals surface area contributed by atoms with Crippen molar-refractivity contribution in [2.45, 2.75) is 6.42 Å². The monoisotopic (exact) mass is 346 g/mol. The lowest BCUT2D eigenvalue weighted by Crippen LogP contribution is -2.26. The van der Waals surface area contributed by atoms with Crippen molar-refractivity contribution >= 4 is 40.2 Å². The minimum Gasteiger partial charge on any atom is -0.469 e. The number of hydrogen-bond donors (Lipinski definition) is 0. The average molecular weight is 346 g/mol. The van der Waals surface area contributed by atoms with Crippen LogP contribution in [0.3, 0.4) is 0 Å². The van der Waals surface area contributed by atoms with Gasteiger partial charge in [0.05, 0.1) is 24.9 Å². The van der Waals surface area contributed by atoms with Crippen molar-refractivity contribution in [1.82, 2.24) is 4.98 Å². The van der Waals surface area contributed by atoms with Gasteiger partial charge >= 0.3 is 5.97 Å². The van der Waals surface area contributed by atoms with Crippen LogP contribution in [-0.2, 0) is 14.3 Å². The highest BCUT2D eigenvalue weighted by atomic mass is 127. The Bertz CT molecular complexity index is 447. The third-order valence-corrected chi connectivity index (χ3v) is 3.32. The summed E-state index contributed by atoms with van der Waals surface area (Å²) in [5.41, 5.74) is 0.724. The molecular formula is C11H11IN2O3. The zero-order valence-corrected chi connectivity index (χ0v) is 11.4. The van der Waals surface area contributed by atoms with Crippen molar-refractivity contribution in [1.29, 1.82) is 0 Å². The number of esters is 1. The molecule has 1 aliphatic rings. The number of ether oxygens (including phenoxy) is 1. The van der Waals surface area contributed by atoms with Gasteiger partial charge in [0.1, 0.15) is 3.70 Å². The third-order valence-electron chi connectivity index (χ3n) is 2.68. The van der Waals surface area contributed by atoms with E-state index in [1.807, 2.05) is 12.1 Å². The first-order valence-corrected chi connectivity index (χ1v) is 6.19. The van der Waals surface area contributed by atoms with Crippen molar-refractivity contribution in [2.24, 2.45) is 5.92 Å². The number of carbonyl (C=O) groups is 2. The molecule has 0 radical (unpaired) electrons. The molecule has 1 saturated heterocycles. The van der Waals surface area contributed by atoms with Crippen LogP contribution < -0.4 is 4.90 Å². The lowest BCUT2D eigenvalue weighted by atomic mass is 10.1. The summed E-state index contributed by atoms with van der Waals surface area (Å²) in [4.78, 5) is 28.9. The number of aromatic nitrogens is 1. The standard InChI is InChI=1S/C11H11IN2O3/c1-17-11(16)7-4-10(15)14(6-7)8-2-3-9(12)13-5-8/h2-3,5,7H,4,6H2,1H3. The fraction of sp³-hybridized carbons (Fsp3) is 0.364. The molecule has 0 N–H and O–H groups in total. The largest absolute Gasteiger partial charge is 0.469 e. The molecule has 0 bridgehead atoms. The normalized spacial score (nSPS) is 19.5. The van der Waals surface area contributed by atoms with Crippen LogP contribution in [0, 0.1) is 9.62 Å². The van der Waals surface area contributed by atoms with Crippen LogP contribution in [-0.4, -0.2) is 30.5 Å². The van der Waals surface area contributed by atoms with E-state index in [-0.39, 0.29) is 24.2 Å². The summed E-state index contributed by atoms with van der Waals surface area (Å²) in [5.74, 6) is -0.769. The second-order valence-electron chi connectivity index (χ2n) is 3.77. The number of carbonyl (C=O) groups excluding carboxylic acids is 2. The van der Waals surface area contributed by atoms with E-state index in [1.165, 1.54) is 7.11 Å². The molecule has 1 aliphatic heterocycles. The maximum Gasteiger partial charge on any atom is 0.311 e. The van der Waals surface area contributed by atoms with E-state index in [2.05, 4.69) is 32.3 Å². The molecule has 0 saturated carbocycles. The number of methoxy groups -OCH3 is 1. The molecule has 17 heavy (non-hydrogen) atoms. The van der Waals surface area contributed by atoms with Gasteiger partial charge in [-0.3, -0.25) is 9.59 Å². The van der Waals surface area contributed by atoms with Gasteiger partial charge in [0, 0.05) is 13.0 Å². The summed E-state index contributed by atoms with van der Waals surface area (Å²) in [6, 6.07) is 3.65. The van der Waals surface area contributed by atoms with Crippen LogP contribution in [0.5, 0.6) is 0 Å². The van der Waals surface area contributed by atoms with Crippen molar-refractivity contribution in [3.8, 4) is 0 Å². The molecule has 1 atom stereocenters. The van der Waals surface area contributed by atoms with Crippen LogP contribution >= 0.6 is 22.6 Å². The van der Waals surface area contributed by atoms with E-state index in [4.69, 9.17) is 0 Å². The number of amides is 1. The number of halogens is 1. The summed E-state index contributed by atoms with van der Waals surface area (Å²) in [6.45, 7) is 0.369. The van der Waals surface area contributed by atoms with E-state index in [0.29, 0.717) is 6.54 Å². The average Bonchev–Trinajstić information content (AvgIpc) is 2.71. The molecule has 5 nitrogen and oxygen atoms in total. The molecule has 1 amide bonds. The molecule has 0 aromatic carbocycles. The number of hydrogen-bond acceptors (Lipinski definition) is 4. The molecule has 1 aromatic rings. The molecule has 2 rings (SSSR count). The maximum absolute atomic E-state index is 11.8. The first kappa shape index (κ1) is 12.3. The van der Waals surface area contributed by atoms with Crippen molar-refractivity contribution in [3.63, 3.8) is 0 Å². The van der Waals surface area contributed by atoms with Crippen LogP contribution in [0.2, 0.25) is 0 Å². The Balaban J connectivity index is 2.15. The van der Waals surface area contributed by atoms with Crippen molar-refractivity contribution in [2.75, 3.05) is 18.6 Å². The first-order valence-electron chi connectivity index (χ1n) is 5.11. The molecule has 90 valence electrons. The summed E-state index contributed by atoms with van der Waals surface area (Å²) < 4.78 is 5.51. The van der Waals surface area contributed by atoms with Gasteiger partial charge in [-0.2, -0.15) is 0 Å². The number of anilines is 1. The van der Waals surface area contributed by atoms with Gasteiger partial charge in [0.15, 0.2) is 0 Å². The van der Waals surface area contributed by atoms with E-state index in [0.717, 1.165) is 9.39 Å². The Morgan fingerprint density at radius 2 is 2.35 bits per heavy atom. The van der Waals surface area contributed by atoms with Crippen molar-refractivity contribution < 1.29 is 14.3 Å². The Kier molecular flexibility index (Phi) is 3.60. The SMILES string of the molecule is COC(=O)C1CC(=O)N(c2ccc(I)nc2)C1. The smallest absolute Gasteiger partial charge is 0.311 e. The van der Waals surface area contributed by atoms with Crippen LogP contribution in [0.1, 0.15) is 6.42 Å². The van der Waals surface area contributed by atoms with Gasteiger partial charge in [0.25, 0.3) is 0 Å². The quantitative estimate of drug-likeness (QED) is 0.459. The zero-order chi connectivity index (χ0) is 12.4. The highest BCUT2D eigenvalue weighted by Gasteiger charge is 2.35. The molecule has 1 unspecified atom stereocenters. The Hall–Kier alpha value is -1.18. The molecule has 2 heterocycles. The predicted octanol–water partition coefficient (Wildman–Crippen LogP) is 1.21. The van der Waals surface area contributed by atoms with Gasteiger partial charge in [-0.15, -0.1) is 0 Å². The fourth-order valence-corrected chi connectivity index (χ4v) is 2.13. The van der Waals surface area contributed by atoms with E-state index < -0.39 is 0 Å². The van der Waals surface area contributed by atoms with Gasteiger partial charge < -0.3 is 9.64 Å².